The van der Waals surface area contributed by atoms with Gasteiger partial charge in [-0.15, -0.1) is 11.3 Å². The number of hydrogen-bond donors (Lipinski definition) is 1. The van der Waals surface area contributed by atoms with Crippen molar-refractivity contribution in [3.05, 3.63) is 51.4 Å². The van der Waals surface area contributed by atoms with E-state index in [0.717, 1.165) is 29.7 Å². The van der Waals surface area contributed by atoms with E-state index in [4.69, 9.17) is 9.47 Å². The molecule has 2 aliphatic rings. The molecule has 1 aliphatic heterocycles. The molecule has 0 saturated heterocycles. The van der Waals surface area contributed by atoms with Crippen molar-refractivity contribution in [2.45, 2.75) is 31.9 Å². The van der Waals surface area contributed by atoms with Crippen molar-refractivity contribution in [2.75, 3.05) is 13.2 Å². The molecule has 0 spiro atoms. The zero-order chi connectivity index (χ0) is 19.1. The van der Waals surface area contributed by atoms with Gasteiger partial charge < -0.3 is 14.8 Å². The minimum atomic E-state index is -0.267. The molecule has 0 bridgehead atoms. The number of amides is 1. The summed E-state index contributed by atoms with van der Waals surface area (Å²) < 4.78 is 12.9. The number of hydrogen-bond acceptors (Lipinski definition) is 6. The lowest BCUT2D eigenvalue weighted by Gasteiger charge is -2.26. The van der Waals surface area contributed by atoms with Crippen LogP contribution >= 0.6 is 11.3 Å². The van der Waals surface area contributed by atoms with Crippen LogP contribution in [0.3, 0.4) is 0 Å². The molecule has 2 aromatic heterocycles. The predicted molar refractivity (Wildman–Crippen MR) is 105 cm³/mol. The molecular formula is C20H19N3O4S. The molecule has 1 aliphatic carbocycles. The van der Waals surface area contributed by atoms with E-state index in [-0.39, 0.29) is 24.1 Å². The fourth-order valence-electron chi connectivity index (χ4n) is 3.73. The van der Waals surface area contributed by atoms with Crippen molar-refractivity contribution in [1.29, 1.82) is 0 Å². The van der Waals surface area contributed by atoms with Crippen LogP contribution in [0.1, 0.15) is 16.9 Å². The number of carbonyl (C=O) groups is 1. The van der Waals surface area contributed by atoms with Crippen LogP contribution in [0.5, 0.6) is 11.5 Å². The van der Waals surface area contributed by atoms with E-state index in [1.807, 2.05) is 24.3 Å². The molecule has 3 aromatic rings. The van der Waals surface area contributed by atoms with E-state index in [1.54, 1.807) is 11.3 Å². The Balaban J connectivity index is 1.25. The van der Waals surface area contributed by atoms with Crippen molar-refractivity contribution in [1.82, 2.24) is 14.9 Å². The number of nitrogens with zero attached hydrogens (tertiary/aromatic N) is 2. The van der Waals surface area contributed by atoms with E-state index in [9.17, 15) is 9.59 Å². The number of rotatable bonds is 4. The van der Waals surface area contributed by atoms with Crippen molar-refractivity contribution in [3.63, 3.8) is 0 Å². The van der Waals surface area contributed by atoms with Crippen LogP contribution < -0.4 is 20.3 Å². The zero-order valence-electron chi connectivity index (χ0n) is 15.1. The highest BCUT2D eigenvalue weighted by molar-refractivity contribution is 7.18. The van der Waals surface area contributed by atoms with Crippen LogP contribution in [0.4, 0.5) is 0 Å². The third-order valence-corrected chi connectivity index (χ3v) is 6.30. The average Bonchev–Trinajstić information content (AvgIpc) is 3.29. The highest BCUT2D eigenvalue weighted by Gasteiger charge is 2.23. The molecule has 0 radical (unpaired) electrons. The van der Waals surface area contributed by atoms with Crippen LogP contribution in [0.2, 0.25) is 0 Å². The van der Waals surface area contributed by atoms with E-state index in [1.165, 1.54) is 15.8 Å². The summed E-state index contributed by atoms with van der Waals surface area (Å²) in [4.78, 5) is 31.6. The number of ether oxygens (including phenoxy) is 2. The molecule has 1 amide bonds. The molecule has 8 heteroatoms. The highest BCUT2D eigenvalue weighted by atomic mass is 32.1. The van der Waals surface area contributed by atoms with Gasteiger partial charge >= 0.3 is 0 Å². The van der Waals surface area contributed by atoms with Gasteiger partial charge in [-0.3, -0.25) is 14.2 Å². The second-order valence-corrected chi connectivity index (χ2v) is 8.10. The molecule has 7 nitrogen and oxygen atoms in total. The summed E-state index contributed by atoms with van der Waals surface area (Å²) in [5.41, 5.74) is 0.990. The number of fused-ring (bicyclic) bond motifs is 4. The van der Waals surface area contributed by atoms with E-state index in [0.29, 0.717) is 30.0 Å². The third-order valence-electron chi connectivity index (χ3n) is 5.10. The summed E-state index contributed by atoms with van der Waals surface area (Å²) in [6.45, 7) is 0.619. The SMILES string of the molecule is O=C(Cn1cnc2sc3c(c2c1=O)CCC3)NCC1COc2ccccc2O1. The standard InChI is InChI=1S/C20H19N3O4S/c24-17(21-8-12-10-26-14-5-1-2-6-15(14)27-12)9-23-11-22-19-18(20(23)25)13-4-3-7-16(13)28-19/h1-2,5-6,11-12H,3-4,7-10H2,(H,21,24). The predicted octanol–water partition coefficient (Wildman–Crippen LogP) is 1.90. The quantitative estimate of drug-likeness (QED) is 0.727. The van der Waals surface area contributed by atoms with Crippen molar-refractivity contribution in [2.24, 2.45) is 0 Å². The Morgan fingerprint density at radius 2 is 2.14 bits per heavy atom. The summed E-state index contributed by atoms with van der Waals surface area (Å²) in [6, 6.07) is 7.44. The maximum Gasteiger partial charge on any atom is 0.262 e. The van der Waals surface area contributed by atoms with Gasteiger partial charge in [0.15, 0.2) is 11.5 Å². The number of benzene rings is 1. The first-order valence-electron chi connectivity index (χ1n) is 9.34. The Kier molecular flexibility index (Phi) is 4.27. The molecule has 3 heterocycles. The topological polar surface area (TPSA) is 82.5 Å². The van der Waals surface area contributed by atoms with Gasteiger partial charge in [-0.2, -0.15) is 0 Å². The third kappa shape index (κ3) is 3.03. The summed E-state index contributed by atoms with van der Waals surface area (Å²) in [6.07, 6.45) is 4.22. The maximum atomic E-state index is 12.8. The number of para-hydroxylation sites is 2. The van der Waals surface area contributed by atoms with Gasteiger partial charge in [0.05, 0.1) is 18.3 Å². The lowest BCUT2D eigenvalue weighted by Crippen LogP contribution is -2.42. The molecule has 5 rings (SSSR count). The first-order valence-corrected chi connectivity index (χ1v) is 10.2. The molecule has 1 aromatic carbocycles. The Morgan fingerprint density at radius 1 is 1.29 bits per heavy atom. The van der Waals surface area contributed by atoms with Gasteiger partial charge in [-0.05, 0) is 37.0 Å². The highest BCUT2D eigenvalue weighted by Crippen LogP contribution is 2.34. The number of aromatic nitrogens is 2. The van der Waals surface area contributed by atoms with Gasteiger partial charge in [-0.1, -0.05) is 12.1 Å². The van der Waals surface area contributed by atoms with Crippen LogP contribution in [-0.2, 0) is 24.2 Å². The monoisotopic (exact) mass is 397 g/mol. The maximum absolute atomic E-state index is 12.8. The Bertz CT molecular complexity index is 1120. The second-order valence-electron chi connectivity index (χ2n) is 7.02. The minimum absolute atomic E-state index is 0.0590. The lowest BCUT2D eigenvalue weighted by atomic mass is 10.2. The van der Waals surface area contributed by atoms with Crippen molar-refractivity contribution >= 4 is 27.5 Å². The zero-order valence-corrected chi connectivity index (χ0v) is 16.0. The molecule has 1 unspecified atom stereocenters. The number of carbonyl (C=O) groups excluding carboxylic acids is 1. The van der Waals surface area contributed by atoms with Gasteiger partial charge in [-0.25, -0.2) is 4.98 Å². The van der Waals surface area contributed by atoms with Gasteiger partial charge in [0.25, 0.3) is 5.56 Å². The molecule has 0 saturated carbocycles. The first-order chi connectivity index (χ1) is 13.7. The molecule has 1 N–H and O–H groups in total. The summed E-state index contributed by atoms with van der Waals surface area (Å²) in [5.74, 6) is 1.13. The van der Waals surface area contributed by atoms with Gasteiger partial charge in [0.1, 0.15) is 24.1 Å². The van der Waals surface area contributed by atoms with Crippen molar-refractivity contribution in [3.8, 4) is 11.5 Å². The largest absolute Gasteiger partial charge is 0.486 e. The second kappa shape index (κ2) is 6.94. The smallest absolute Gasteiger partial charge is 0.262 e. The molecule has 0 fully saturated rings. The average molecular weight is 397 g/mol. The van der Waals surface area contributed by atoms with Gasteiger partial charge in [0, 0.05) is 4.88 Å². The summed E-state index contributed by atoms with van der Waals surface area (Å²) in [5, 5.41) is 3.51. The number of nitrogens with one attached hydrogen (secondary N) is 1. The first kappa shape index (κ1) is 17.2. The van der Waals surface area contributed by atoms with E-state index in [2.05, 4.69) is 10.3 Å². The van der Waals surface area contributed by atoms with Crippen LogP contribution in [-0.4, -0.2) is 34.7 Å². The van der Waals surface area contributed by atoms with E-state index >= 15 is 0 Å². The van der Waals surface area contributed by atoms with Crippen LogP contribution in [0.25, 0.3) is 10.2 Å². The molecule has 1 atom stereocenters. The van der Waals surface area contributed by atoms with E-state index < -0.39 is 0 Å². The Hall–Kier alpha value is -2.87. The van der Waals surface area contributed by atoms with Crippen molar-refractivity contribution < 1.29 is 14.3 Å². The molecule has 144 valence electrons. The minimum Gasteiger partial charge on any atom is -0.486 e. The van der Waals surface area contributed by atoms with Crippen LogP contribution in [0, 0.1) is 0 Å². The lowest BCUT2D eigenvalue weighted by molar-refractivity contribution is -0.122. The molecular weight excluding hydrogens is 378 g/mol. The number of thiophene rings is 1. The fourth-order valence-corrected chi connectivity index (χ4v) is 4.95. The van der Waals surface area contributed by atoms with Crippen LogP contribution in [0.15, 0.2) is 35.4 Å². The number of aryl methyl sites for hydroxylation is 2. The summed E-state index contributed by atoms with van der Waals surface area (Å²) in [7, 11) is 0. The molecule has 28 heavy (non-hydrogen) atoms. The Morgan fingerprint density at radius 3 is 3.04 bits per heavy atom. The van der Waals surface area contributed by atoms with Gasteiger partial charge in [0.2, 0.25) is 5.91 Å². The fraction of sp³-hybridized carbons (Fsp3) is 0.350. The normalized spacial score (nSPS) is 17.5. The summed E-state index contributed by atoms with van der Waals surface area (Å²) >= 11 is 1.60. The Labute approximate surface area is 164 Å².